The summed E-state index contributed by atoms with van der Waals surface area (Å²) in [5, 5.41) is 40.0. The molecule has 1 aromatic carbocycles. The molecule has 0 radical (unpaired) electrons. The standard InChI is InChI=1S/C18H18N6O6S2/c25-11-3-1-10(2-4-11)24(20-6-13(26)27)15-16(28)23-14(18(29)30)9(8-32-17(15)23)7-31-12-5-19-22-21-12/h1-5,15,17,20,25H,6-8H2,(H,26,27)(H,29,30)(H,19,21,22)/t15?,17-/m0/s1. The highest BCUT2D eigenvalue weighted by Crippen LogP contribution is 2.44. The van der Waals surface area contributed by atoms with Gasteiger partial charge in [0.25, 0.3) is 5.91 Å². The molecule has 0 spiro atoms. The number of carboxylic acids is 2. The Labute approximate surface area is 189 Å². The number of hydrazine groups is 1. The van der Waals surface area contributed by atoms with Crippen molar-refractivity contribution in [3.8, 4) is 5.75 Å². The average molecular weight is 479 g/mol. The largest absolute Gasteiger partial charge is 0.508 e. The fraction of sp³-hybridized carbons (Fsp3) is 0.278. The van der Waals surface area contributed by atoms with Crippen molar-refractivity contribution in [2.75, 3.05) is 23.1 Å². The minimum atomic E-state index is -1.20. The monoisotopic (exact) mass is 478 g/mol. The molecule has 2 aliphatic rings. The van der Waals surface area contributed by atoms with Gasteiger partial charge < -0.3 is 15.3 Å². The van der Waals surface area contributed by atoms with E-state index < -0.39 is 35.8 Å². The van der Waals surface area contributed by atoms with Gasteiger partial charge in [0.15, 0.2) is 6.04 Å². The number of H-pyrrole nitrogens is 1. The van der Waals surface area contributed by atoms with Gasteiger partial charge in [-0.05, 0) is 29.8 Å². The van der Waals surface area contributed by atoms with E-state index >= 15 is 0 Å². The number of amides is 1. The first-order valence-corrected chi connectivity index (χ1v) is 11.3. The Hall–Kier alpha value is -3.23. The first-order valence-electron chi connectivity index (χ1n) is 9.29. The predicted molar refractivity (Wildman–Crippen MR) is 115 cm³/mol. The lowest BCUT2D eigenvalue weighted by atomic mass is 10.0. The number of nitrogens with one attached hydrogen (secondary N) is 2. The van der Waals surface area contributed by atoms with Gasteiger partial charge in [-0.3, -0.25) is 24.6 Å². The lowest BCUT2D eigenvalue weighted by Gasteiger charge is -2.53. The van der Waals surface area contributed by atoms with Crippen LogP contribution in [0.1, 0.15) is 0 Å². The number of aromatic nitrogens is 3. The molecule has 3 heterocycles. The maximum atomic E-state index is 13.1. The predicted octanol–water partition coefficient (Wildman–Crippen LogP) is 0.321. The summed E-state index contributed by atoms with van der Waals surface area (Å²) in [5.74, 6) is -2.02. The zero-order valence-corrected chi connectivity index (χ0v) is 18.0. The number of carbonyl (C=O) groups is 3. The van der Waals surface area contributed by atoms with Gasteiger partial charge in [0, 0.05) is 11.5 Å². The molecule has 2 aromatic rings. The number of hydrogen-bond donors (Lipinski definition) is 5. The third-order valence-corrected chi connectivity index (χ3v) is 7.15. The molecule has 4 rings (SSSR count). The summed E-state index contributed by atoms with van der Waals surface area (Å²) >= 11 is 2.74. The number of carbonyl (C=O) groups excluding carboxylic acids is 1. The fourth-order valence-electron chi connectivity index (χ4n) is 3.42. The molecular formula is C18H18N6O6S2. The molecular weight excluding hydrogens is 460 g/mol. The molecule has 0 bridgehead atoms. The van der Waals surface area contributed by atoms with Crippen LogP contribution in [0.15, 0.2) is 46.8 Å². The van der Waals surface area contributed by atoms with Crippen LogP contribution < -0.4 is 10.4 Å². The van der Waals surface area contributed by atoms with E-state index in [1.807, 2.05) is 0 Å². The quantitative estimate of drug-likeness (QED) is 0.190. The summed E-state index contributed by atoms with van der Waals surface area (Å²) in [6, 6.07) is 5.11. The molecule has 0 saturated carbocycles. The third-order valence-electron chi connectivity index (χ3n) is 4.82. The van der Waals surface area contributed by atoms with Crippen LogP contribution in [0.5, 0.6) is 5.75 Å². The Morgan fingerprint density at radius 2 is 2.06 bits per heavy atom. The molecule has 1 fully saturated rings. The first-order chi connectivity index (χ1) is 15.4. The van der Waals surface area contributed by atoms with Gasteiger partial charge in [0.2, 0.25) is 0 Å². The highest BCUT2D eigenvalue weighted by atomic mass is 32.2. The van der Waals surface area contributed by atoms with E-state index in [4.69, 9.17) is 5.11 Å². The van der Waals surface area contributed by atoms with E-state index in [0.717, 1.165) is 0 Å². The summed E-state index contributed by atoms with van der Waals surface area (Å²) in [6.07, 6.45) is 1.53. The second-order valence-corrected chi connectivity index (χ2v) is 8.96. The van der Waals surface area contributed by atoms with Crippen LogP contribution in [-0.2, 0) is 14.4 Å². The second kappa shape index (κ2) is 9.10. The zero-order chi connectivity index (χ0) is 22.8. The topological polar surface area (TPSA) is 172 Å². The maximum absolute atomic E-state index is 13.1. The van der Waals surface area contributed by atoms with Crippen molar-refractivity contribution in [2.45, 2.75) is 16.4 Å². The molecule has 2 atom stereocenters. The number of β-lactam (4-membered cyclic amide) rings is 1. The van der Waals surface area contributed by atoms with Crippen LogP contribution in [0.2, 0.25) is 0 Å². The average Bonchev–Trinajstić information content (AvgIpc) is 3.28. The Bertz CT molecular complexity index is 1060. The summed E-state index contributed by atoms with van der Waals surface area (Å²) in [4.78, 5) is 37.5. The van der Waals surface area contributed by atoms with Crippen molar-refractivity contribution in [1.29, 1.82) is 0 Å². The van der Waals surface area contributed by atoms with Crippen LogP contribution in [0.25, 0.3) is 0 Å². The summed E-state index contributed by atoms with van der Waals surface area (Å²) < 4.78 is 0. The number of hydrogen-bond acceptors (Lipinski definition) is 10. The van der Waals surface area contributed by atoms with Gasteiger partial charge in [0.05, 0.1) is 11.9 Å². The molecule has 32 heavy (non-hydrogen) atoms. The number of thioether (sulfide) groups is 2. The molecule has 14 heteroatoms. The van der Waals surface area contributed by atoms with E-state index in [1.165, 1.54) is 51.8 Å². The number of aromatic amines is 1. The SMILES string of the molecule is O=C(O)CNN(c1ccc(O)cc1)C1C(=O)N2C(C(=O)O)=C(CSc3cnn[nH]3)CS[C@@H]12. The second-order valence-electron chi connectivity index (χ2n) is 6.84. The first kappa shape index (κ1) is 22.0. The molecule has 1 aromatic heterocycles. The smallest absolute Gasteiger partial charge is 0.352 e. The van der Waals surface area contributed by atoms with Crippen molar-refractivity contribution in [1.82, 2.24) is 25.7 Å². The molecule has 1 saturated heterocycles. The Morgan fingerprint density at radius 3 is 2.69 bits per heavy atom. The number of nitrogens with zero attached hydrogens (tertiary/aromatic N) is 4. The maximum Gasteiger partial charge on any atom is 0.352 e. The van der Waals surface area contributed by atoms with Gasteiger partial charge in [-0.15, -0.1) is 28.6 Å². The Morgan fingerprint density at radius 1 is 1.31 bits per heavy atom. The lowest BCUT2D eigenvalue weighted by Crippen LogP contribution is -2.73. The zero-order valence-electron chi connectivity index (χ0n) is 16.3. The van der Waals surface area contributed by atoms with Crippen molar-refractivity contribution in [3.05, 3.63) is 41.7 Å². The third kappa shape index (κ3) is 4.24. The van der Waals surface area contributed by atoms with Crippen LogP contribution >= 0.6 is 23.5 Å². The van der Waals surface area contributed by atoms with Gasteiger partial charge in [-0.25, -0.2) is 10.2 Å². The lowest BCUT2D eigenvalue weighted by molar-refractivity contribution is -0.148. The molecule has 2 aliphatic heterocycles. The number of aliphatic carboxylic acids is 2. The van der Waals surface area contributed by atoms with Gasteiger partial charge >= 0.3 is 11.9 Å². The van der Waals surface area contributed by atoms with E-state index in [0.29, 0.717) is 27.8 Å². The van der Waals surface area contributed by atoms with Crippen LogP contribution in [0.4, 0.5) is 5.69 Å². The normalized spacial score (nSPS) is 20.0. The van der Waals surface area contributed by atoms with E-state index in [-0.39, 0.29) is 11.4 Å². The van der Waals surface area contributed by atoms with E-state index in [9.17, 15) is 24.6 Å². The number of fused-ring (bicyclic) bond motifs is 1. The van der Waals surface area contributed by atoms with Crippen molar-refractivity contribution < 1.29 is 29.7 Å². The molecule has 0 aliphatic carbocycles. The number of carboxylic acid groups (broad SMARTS) is 2. The Balaban J connectivity index is 1.59. The van der Waals surface area contributed by atoms with Crippen molar-refractivity contribution in [3.63, 3.8) is 0 Å². The number of phenols is 1. The van der Waals surface area contributed by atoms with E-state index in [1.54, 1.807) is 12.1 Å². The highest BCUT2D eigenvalue weighted by molar-refractivity contribution is 8.01. The van der Waals surface area contributed by atoms with E-state index in [2.05, 4.69) is 20.8 Å². The highest BCUT2D eigenvalue weighted by Gasteiger charge is 2.56. The van der Waals surface area contributed by atoms with Crippen LogP contribution in [0.3, 0.4) is 0 Å². The summed E-state index contributed by atoms with van der Waals surface area (Å²) in [7, 11) is 0. The molecule has 168 valence electrons. The summed E-state index contributed by atoms with van der Waals surface area (Å²) in [5.41, 5.74) is 3.73. The fourth-order valence-corrected chi connectivity index (χ4v) is 5.73. The number of aromatic hydroxyl groups is 1. The minimum Gasteiger partial charge on any atom is -0.508 e. The molecule has 1 amide bonds. The number of benzene rings is 1. The Kier molecular flexibility index (Phi) is 6.25. The van der Waals surface area contributed by atoms with Gasteiger partial charge in [0.1, 0.15) is 28.4 Å². The molecule has 12 nitrogen and oxygen atoms in total. The van der Waals surface area contributed by atoms with Crippen LogP contribution in [-0.4, -0.2) is 82.9 Å². The number of anilines is 1. The molecule has 5 N–H and O–H groups in total. The minimum absolute atomic E-state index is 0.0197. The number of phenolic OH excluding ortho intramolecular Hbond substituents is 1. The molecule has 1 unspecified atom stereocenters. The summed E-state index contributed by atoms with van der Waals surface area (Å²) in [6.45, 7) is -0.441. The van der Waals surface area contributed by atoms with Crippen molar-refractivity contribution in [2.24, 2.45) is 0 Å². The van der Waals surface area contributed by atoms with Gasteiger partial charge in [-0.2, -0.15) is 0 Å². The van der Waals surface area contributed by atoms with Crippen molar-refractivity contribution >= 4 is 47.1 Å². The number of rotatable bonds is 9. The van der Waals surface area contributed by atoms with Crippen LogP contribution in [0, 0.1) is 0 Å². The van der Waals surface area contributed by atoms with Gasteiger partial charge in [-0.1, -0.05) is 5.21 Å².